The molecule has 0 radical (unpaired) electrons. The van der Waals surface area contributed by atoms with Gasteiger partial charge in [-0.3, -0.25) is 4.31 Å². The van der Waals surface area contributed by atoms with Crippen LogP contribution in [0.5, 0.6) is 11.5 Å². The van der Waals surface area contributed by atoms with Crippen molar-refractivity contribution in [1.82, 2.24) is 0 Å². The van der Waals surface area contributed by atoms with Gasteiger partial charge in [0.1, 0.15) is 24.7 Å². The van der Waals surface area contributed by atoms with E-state index in [9.17, 15) is 8.42 Å². The quantitative estimate of drug-likeness (QED) is 0.362. The van der Waals surface area contributed by atoms with E-state index in [4.69, 9.17) is 9.47 Å². The lowest BCUT2D eigenvalue weighted by molar-refractivity contribution is 0.358. The Hall–Kier alpha value is -3.51. The molecule has 3 aromatic carbocycles. The maximum absolute atomic E-state index is 13.8. The highest BCUT2D eigenvalue weighted by molar-refractivity contribution is 7.92. The number of nitrogens with zero attached hydrogens (tertiary/aromatic N) is 1. The van der Waals surface area contributed by atoms with Gasteiger partial charge in [0.15, 0.2) is 0 Å². The minimum Gasteiger partial charge on any atom is -0.489 e. The molecule has 0 saturated heterocycles. The number of anilines is 1. The first kappa shape index (κ1) is 23.2. The third-order valence-electron chi connectivity index (χ3n) is 4.74. The van der Waals surface area contributed by atoms with E-state index in [2.05, 4.69) is 13.2 Å². The van der Waals surface area contributed by atoms with Crippen molar-refractivity contribution in [3.05, 3.63) is 109 Å². The summed E-state index contributed by atoms with van der Waals surface area (Å²) in [6.45, 7) is 9.93. The summed E-state index contributed by atoms with van der Waals surface area (Å²) < 4.78 is 40.5. The molecule has 32 heavy (non-hydrogen) atoms. The molecule has 0 aliphatic carbocycles. The zero-order valence-electron chi connectivity index (χ0n) is 18.1. The summed E-state index contributed by atoms with van der Waals surface area (Å²) in [5, 5.41) is 0. The van der Waals surface area contributed by atoms with Crippen molar-refractivity contribution in [1.29, 1.82) is 0 Å². The van der Waals surface area contributed by atoms with Crippen molar-refractivity contribution in [3.8, 4) is 11.5 Å². The van der Waals surface area contributed by atoms with Crippen molar-refractivity contribution in [3.63, 3.8) is 0 Å². The Balaban J connectivity index is 2.12. The van der Waals surface area contributed by atoms with Crippen LogP contribution in [0, 0.1) is 6.92 Å². The van der Waals surface area contributed by atoms with Gasteiger partial charge < -0.3 is 9.47 Å². The van der Waals surface area contributed by atoms with E-state index >= 15 is 0 Å². The van der Waals surface area contributed by atoms with Crippen molar-refractivity contribution in [2.45, 2.75) is 18.4 Å². The fourth-order valence-electron chi connectivity index (χ4n) is 3.15. The van der Waals surface area contributed by atoms with Gasteiger partial charge in [-0.25, -0.2) is 8.42 Å². The number of ether oxygens (including phenoxy) is 2. The molecule has 0 N–H and O–H groups in total. The molecular weight excluding hydrogens is 422 g/mol. The molecule has 166 valence electrons. The van der Waals surface area contributed by atoms with Crippen LogP contribution in [0.1, 0.15) is 11.1 Å². The van der Waals surface area contributed by atoms with E-state index < -0.39 is 10.0 Å². The summed E-state index contributed by atoms with van der Waals surface area (Å²) in [7, 11) is -3.90. The zero-order chi connectivity index (χ0) is 23.0. The van der Waals surface area contributed by atoms with Crippen molar-refractivity contribution >= 4 is 15.7 Å². The maximum Gasteiger partial charge on any atom is 0.264 e. The number of aryl methyl sites for hydroxylation is 1. The molecule has 0 aliphatic heterocycles. The number of sulfonamides is 1. The first-order valence-electron chi connectivity index (χ1n) is 10.2. The highest BCUT2D eigenvalue weighted by Crippen LogP contribution is 2.35. The highest BCUT2D eigenvalue weighted by Gasteiger charge is 2.28. The second-order valence-corrected chi connectivity index (χ2v) is 8.96. The minimum absolute atomic E-state index is 0.0674. The molecular formula is C26H27NO4S. The van der Waals surface area contributed by atoms with Crippen LogP contribution in [-0.4, -0.2) is 21.6 Å². The Morgan fingerprint density at radius 3 is 2.03 bits per heavy atom. The summed E-state index contributed by atoms with van der Waals surface area (Å²) in [5.41, 5.74) is 2.14. The average molecular weight is 450 g/mol. The molecule has 0 aliphatic rings. The highest BCUT2D eigenvalue weighted by atomic mass is 32.2. The SMILES string of the molecule is C=CCOc1ccccc1CN(c1ccccc1OCC=C)S(=O)(=O)c1ccc(C)cc1. The lowest BCUT2D eigenvalue weighted by Crippen LogP contribution is -2.31. The Kier molecular flexibility index (Phi) is 7.73. The van der Waals surface area contributed by atoms with Gasteiger partial charge in [-0.1, -0.05) is 73.3 Å². The predicted octanol–water partition coefficient (Wildman–Crippen LogP) is 5.52. The van der Waals surface area contributed by atoms with Crippen LogP contribution in [0.3, 0.4) is 0 Å². The van der Waals surface area contributed by atoms with E-state index in [0.717, 1.165) is 11.1 Å². The Labute approximate surface area is 190 Å². The number of rotatable bonds is 11. The van der Waals surface area contributed by atoms with E-state index in [1.807, 2.05) is 31.2 Å². The van der Waals surface area contributed by atoms with Crippen LogP contribution < -0.4 is 13.8 Å². The fraction of sp³-hybridized carbons (Fsp3) is 0.154. The van der Waals surface area contributed by atoms with Crippen molar-refractivity contribution < 1.29 is 17.9 Å². The molecule has 0 amide bonds. The molecule has 0 heterocycles. The molecule has 3 rings (SSSR count). The minimum atomic E-state index is -3.90. The Morgan fingerprint density at radius 1 is 0.812 bits per heavy atom. The smallest absolute Gasteiger partial charge is 0.264 e. The first-order valence-corrected chi connectivity index (χ1v) is 11.6. The van der Waals surface area contributed by atoms with Crippen LogP contribution in [0.4, 0.5) is 5.69 Å². The van der Waals surface area contributed by atoms with Gasteiger partial charge in [-0.2, -0.15) is 0 Å². The van der Waals surface area contributed by atoms with Crippen LogP contribution >= 0.6 is 0 Å². The predicted molar refractivity (Wildman–Crippen MR) is 129 cm³/mol. The molecule has 6 heteroatoms. The summed E-state index contributed by atoms with van der Waals surface area (Å²) >= 11 is 0. The Morgan fingerprint density at radius 2 is 1.38 bits per heavy atom. The van der Waals surface area contributed by atoms with Gasteiger partial charge in [0, 0.05) is 5.56 Å². The molecule has 0 atom stereocenters. The zero-order valence-corrected chi connectivity index (χ0v) is 18.9. The monoisotopic (exact) mass is 449 g/mol. The molecule has 0 aromatic heterocycles. The number of hydrogen-bond donors (Lipinski definition) is 0. The standard InChI is InChI=1S/C26H27NO4S/c1-4-18-30-25-12-8-6-10-22(25)20-27(24-11-7-9-13-26(24)31-19-5-2)32(28,29)23-16-14-21(3)15-17-23/h4-17H,1-2,18-20H2,3H3. The Bertz CT molecular complexity index is 1170. The third kappa shape index (κ3) is 5.39. The third-order valence-corrected chi connectivity index (χ3v) is 6.52. The first-order chi connectivity index (χ1) is 15.5. The number of hydrogen-bond acceptors (Lipinski definition) is 4. The van der Waals surface area contributed by atoms with Gasteiger partial charge in [-0.15, -0.1) is 0 Å². The number of para-hydroxylation sites is 3. The van der Waals surface area contributed by atoms with Crippen molar-refractivity contribution in [2.24, 2.45) is 0 Å². The summed E-state index contributed by atoms with van der Waals surface area (Å²) in [6, 6.07) is 21.2. The summed E-state index contributed by atoms with van der Waals surface area (Å²) in [6.07, 6.45) is 3.27. The average Bonchev–Trinajstić information content (AvgIpc) is 2.81. The van der Waals surface area contributed by atoms with Gasteiger partial charge in [0.2, 0.25) is 0 Å². The van der Waals surface area contributed by atoms with Gasteiger partial charge >= 0.3 is 0 Å². The van der Waals surface area contributed by atoms with Crippen LogP contribution in [0.25, 0.3) is 0 Å². The van der Waals surface area contributed by atoms with E-state index in [-0.39, 0.29) is 18.0 Å². The second-order valence-electron chi connectivity index (χ2n) is 7.10. The van der Waals surface area contributed by atoms with E-state index in [1.54, 1.807) is 60.7 Å². The molecule has 0 saturated carbocycles. The van der Waals surface area contributed by atoms with Crippen LogP contribution in [-0.2, 0) is 16.6 Å². The second kappa shape index (κ2) is 10.7. The molecule has 0 spiro atoms. The summed E-state index contributed by atoms with van der Waals surface area (Å²) in [4.78, 5) is 0.200. The fourth-order valence-corrected chi connectivity index (χ4v) is 4.60. The number of benzene rings is 3. The van der Waals surface area contributed by atoms with Crippen LogP contribution in [0.15, 0.2) is 103 Å². The van der Waals surface area contributed by atoms with Crippen LogP contribution in [0.2, 0.25) is 0 Å². The summed E-state index contributed by atoms with van der Waals surface area (Å²) in [5.74, 6) is 1.05. The van der Waals surface area contributed by atoms with E-state index in [0.29, 0.717) is 23.8 Å². The maximum atomic E-state index is 13.8. The molecule has 5 nitrogen and oxygen atoms in total. The molecule has 0 fully saturated rings. The van der Waals surface area contributed by atoms with E-state index in [1.165, 1.54) is 4.31 Å². The van der Waals surface area contributed by atoms with Crippen molar-refractivity contribution in [2.75, 3.05) is 17.5 Å². The molecule has 3 aromatic rings. The topological polar surface area (TPSA) is 55.8 Å². The lowest BCUT2D eigenvalue weighted by atomic mass is 10.2. The lowest BCUT2D eigenvalue weighted by Gasteiger charge is -2.27. The normalized spacial score (nSPS) is 10.9. The molecule has 0 bridgehead atoms. The van der Waals surface area contributed by atoms with Gasteiger partial charge in [0.05, 0.1) is 17.1 Å². The largest absolute Gasteiger partial charge is 0.489 e. The van der Waals surface area contributed by atoms with Gasteiger partial charge in [0.25, 0.3) is 10.0 Å². The van der Waals surface area contributed by atoms with Gasteiger partial charge in [-0.05, 0) is 37.3 Å². The molecule has 0 unspecified atom stereocenters.